The lowest BCUT2D eigenvalue weighted by atomic mass is 9.79. The first-order valence-corrected chi connectivity index (χ1v) is 8.58. The van der Waals surface area contributed by atoms with Crippen molar-refractivity contribution in [2.75, 3.05) is 0 Å². The van der Waals surface area contributed by atoms with Gasteiger partial charge < -0.3 is 4.65 Å². The molecule has 0 bridgehead atoms. The van der Waals surface area contributed by atoms with Gasteiger partial charge in [0.2, 0.25) is 0 Å². The van der Waals surface area contributed by atoms with Gasteiger partial charge in [-0.15, -0.1) is 0 Å². The molecule has 1 nitrogen and oxygen atoms in total. The van der Waals surface area contributed by atoms with Gasteiger partial charge in [0.15, 0.2) is 0 Å². The van der Waals surface area contributed by atoms with E-state index in [2.05, 4.69) is 12.6 Å². The van der Waals surface area contributed by atoms with E-state index >= 15 is 0 Å². The van der Waals surface area contributed by atoms with Crippen LogP contribution in [0.2, 0.25) is 0 Å². The Morgan fingerprint density at radius 2 is 1.70 bits per heavy atom. The van der Waals surface area contributed by atoms with Crippen LogP contribution in [0.3, 0.4) is 0 Å². The molecule has 0 N–H and O–H groups in total. The van der Waals surface area contributed by atoms with Crippen molar-refractivity contribution in [3.8, 4) is 0 Å². The van der Waals surface area contributed by atoms with Gasteiger partial charge in [-0.1, -0.05) is 31.6 Å². The summed E-state index contributed by atoms with van der Waals surface area (Å²) in [4.78, 5) is 0. The van der Waals surface area contributed by atoms with Gasteiger partial charge >= 0.3 is 7.48 Å². The van der Waals surface area contributed by atoms with Crippen LogP contribution >= 0.6 is 12.6 Å². The summed E-state index contributed by atoms with van der Waals surface area (Å²) in [5.41, 5.74) is 3.05. The summed E-state index contributed by atoms with van der Waals surface area (Å²) < 4.78 is 19.4. The molecule has 129 valence electrons. The SMILES string of the molecule is CC.CC(C)=Cc1c([B]OC(C)(C)C(C)(C)S)ccc(F)c1C. The normalized spacial score (nSPS) is 11.4. The van der Waals surface area contributed by atoms with Crippen LogP contribution in [0, 0.1) is 12.7 Å². The quantitative estimate of drug-likeness (QED) is 0.564. The molecule has 0 fully saturated rings. The zero-order valence-corrected chi connectivity index (χ0v) is 16.9. The smallest absolute Gasteiger partial charge is 0.331 e. The number of benzene rings is 1. The van der Waals surface area contributed by atoms with E-state index < -0.39 is 5.60 Å². The lowest BCUT2D eigenvalue weighted by molar-refractivity contribution is 0.0854. The first-order chi connectivity index (χ1) is 10.5. The van der Waals surface area contributed by atoms with E-state index in [1.807, 2.05) is 61.5 Å². The molecule has 1 radical (unpaired) electrons. The van der Waals surface area contributed by atoms with Gasteiger partial charge in [0, 0.05) is 4.75 Å². The summed E-state index contributed by atoms with van der Waals surface area (Å²) >= 11 is 4.58. The molecular formula is C19H31BFOS. The summed E-state index contributed by atoms with van der Waals surface area (Å²) in [5.74, 6) is -0.201. The Bertz CT molecular complexity index is 541. The van der Waals surface area contributed by atoms with E-state index in [4.69, 9.17) is 4.65 Å². The summed E-state index contributed by atoms with van der Waals surface area (Å²) in [6, 6.07) is 3.23. The minimum atomic E-state index is -0.444. The Morgan fingerprint density at radius 1 is 1.17 bits per heavy atom. The van der Waals surface area contributed by atoms with E-state index in [1.165, 1.54) is 6.07 Å². The fourth-order valence-electron chi connectivity index (χ4n) is 1.66. The van der Waals surface area contributed by atoms with Crippen molar-refractivity contribution >= 4 is 31.6 Å². The van der Waals surface area contributed by atoms with Gasteiger partial charge in [0.25, 0.3) is 0 Å². The zero-order valence-electron chi connectivity index (χ0n) is 16.0. The van der Waals surface area contributed by atoms with Gasteiger partial charge in [-0.05, 0) is 71.1 Å². The van der Waals surface area contributed by atoms with Crippen LogP contribution in [0.25, 0.3) is 6.08 Å². The van der Waals surface area contributed by atoms with E-state index in [1.54, 1.807) is 20.5 Å². The first-order valence-electron chi connectivity index (χ1n) is 8.13. The molecule has 0 aromatic heterocycles. The maximum Gasteiger partial charge on any atom is 0.331 e. The Kier molecular flexibility index (Phi) is 8.65. The standard InChI is InChI=1S/C17H25BFOS.C2H6/c1-11(2)10-13-12(3)15(19)9-8-14(13)18-20-16(4,5)17(6,7)21;1-2/h8-10,21H,1-7H3;1-2H3. The Balaban J connectivity index is 0.00000232. The van der Waals surface area contributed by atoms with Crippen molar-refractivity contribution in [2.45, 2.75) is 72.7 Å². The minimum Gasteiger partial charge on any atom is -0.428 e. The van der Waals surface area contributed by atoms with Gasteiger partial charge in [0.05, 0.1) is 5.60 Å². The van der Waals surface area contributed by atoms with Crippen LogP contribution in [-0.2, 0) is 4.65 Å². The molecule has 0 heterocycles. The molecule has 1 aromatic rings. The monoisotopic (exact) mass is 337 g/mol. The maximum absolute atomic E-state index is 13.8. The highest BCUT2D eigenvalue weighted by Gasteiger charge is 2.34. The predicted octanol–water partition coefficient (Wildman–Crippen LogP) is 5.33. The second-order valence-electron chi connectivity index (χ2n) is 6.70. The maximum atomic E-state index is 13.8. The topological polar surface area (TPSA) is 9.23 Å². The molecule has 1 aromatic carbocycles. The van der Waals surface area contributed by atoms with Crippen LogP contribution in [-0.4, -0.2) is 17.8 Å². The fraction of sp³-hybridized carbons (Fsp3) is 0.579. The second kappa shape index (κ2) is 8.93. The fourth-order valence-corrected chi connectivity index (χ4v) is 1.71. The molecular weight excluding hydrogens is 306 g/mol. The van der Waals surface area contributed by atoms with E-state index in [-0.39, 0.29) is 10.6 Å². The van der Waals surface area contributed by atoms with Crippen molar-refractivity contribution in [3.63, 3.8) is 0 Å². The van der Waals surface area contributed by atoms with Crippen molar-refractivity contribution in [1.82, 2.24) is 0 Å². The summed E-state index contributed by atoms with van der Waals surface area (Å²) in [6.07, 6.45) is 1.98. The molecule has 0 spiro atoms. The first kappa shape index (κ1) is 22.3. The largest absolute Gasteiger partial charge is 0.428 e. The minimum absolute atomic E-state index is 0.201. The third-order valence-electron chi connectivity index (χ3n) is 3.87. The van der Waals surface area contributed by atoms with Crippen LogP contribution in [0.15, 0.2) is 17.7 Å². The summed E-state index contributed by atoms with van der Waals surface area (Å²) in [7, 11) is 1.71. The number of halogens is 1. The van der Waals surface area contributed by atoms with Crippen LogP contribution in [0.4, 0.5) is 4.39 Å². The Labute approximate surface area is 148 Å². The summed E-state index contributed by atoms with van der Waals surface area (Å²) in [5, 5.41) is 0. The predicted molar refractivity (Wildman–Crippen MR) is 105 cm³/mol. The molecule has 0 atom stereocenters. The van der Waals surface area contributed by atoms with E-state index in [9.17, 15) is 4.39 Å². The van der Waals surface area contributed by atoms with E-state index in [0.717, 1.165) is 16.6 Å². The van der Waals surface area contributed by atoms with Gasteiger partial charge in [0.1, 0.15) is 5.82 Å². The lowest BCUT2D eigenvalue weighted by Gasteiger charge is -2.38. The average Bonchev–Trinajstić information content (AvgIpc) is 2.43. The molecule has 0 aliphatic heterocycles. The van der Waals surface area contributed by atoms with Crippen molar-refractivity contribution < 1.29 is 9.04 Å². The van der Waals surface area contributed by atoms with Gasteiger partial charge in [-0.2, -0.15) is 12.6 Å². The molecule has 4 heteroatoms. The summed E-state index contributed by atoms with van der Waals surface area (Å²) in [6.45, 7) is 17.8. The highest BCUT2D eigenvalue weighted by atomic mass is 32.1. The van der Waals surface area contributed by atoms with Crippen molar-refractivity contribution in [1.29, 1.82) is 0 Å². The second-order valence-corrected chi connectivity index (χ2v) is 7.82. The van der Waals surface area contributed by atoms with Crippen LogP contribution in [0.1, 0.15) is 66.5 Å². The molecule has 23 heavy (non-hydrogen) atoms. The van der Waals surface area contributed by atoms with Gasteiger partial charge in [-0.3, -0.25) is 0 Å². The van der Waals surface area contributed by atoms with Crippen molar-refractivity contribution in [3.05, 3.63) is 34.6 Å². The van der Waals surface area contributed by atoms with Crippen LogP contribution < -0.4 is 5.46 Å². The molecule has 1 rings (SSSR count). The highest BCUT2D eigenvalue weighted by molar-refractivity contribution is 7.81. The van der Waals surface area contributed by atoms with Gasteiger partial charge in [-0.25, -0.2) is 4.39 Å². The molecule has 0 aliphatic carbocycles. The Morgan fingerprint density at radius 3 is 2.13 bits per heavy atom. The van der Waals surface area contributed by atoms with E-state index in [0.29, 0.717) is 5.56 Å². The molecule has 0 saturated heterocycles. The zero-order chi connectivity index (χ0) is 18.4. The number of hydrogen-bond donors (Lipinski definition) is 1. The molecule has 0 saturated carbocycles. The third-order valence-corrected chi connectivity index (χ3v) is 4.41. The average molecular weight is 337 g/mol. The number of thiol groups is 1. The molecule has 0 amide bonds. The number of allylic oxidation sites excluding steroid dienone is 1. The third kappa shape index (κ3) is 6.35. The molecule has 0 aliphatic rings. The van der Waals surface area contributed by atoms with Crippen LogP contribution in [0.5, 0.6) is 0 Å². The highest BCUT2D eigenvalue weighted by Crippen LogP contribution is 2.30. The number of rotatable bonds is 5. The molecule has 0 unspecified atom stereocenters. The Hall–Kier alpha value is -0.735. The number of hydrogen-bond acceptors (Lipinski definition) is 2. The lowest BCUT2D eigenvalue weighted by Crippen LogP contribution is -2.46. The van der Waals surface area contributed by atoms with Crippen molar-refractivity contribution in [2.24, 2.45) is 0 Å².